The van der Waals surface area contributed by atoms with Crippen molar-refractivity contribution >= 4 is 32.8 Å². The summed E-state index contributed by atoms with van der Waals surface area (Å²) in [5.74, 6) is 0.774. The first kappa shape index (κ1) is 16.5. The van der Waals surface area contributed by atoms with Crippen LogP contribution in [0.4, 0.5) is 5.95 Å². The van der Waals surface area contributed by atoms with Gasteiger partial charge in [0, 0.05) is 28.5 Å². The molecule has 5 heteroatoms. The molecule has 3 aromatic rings. The van der Waals surface area contributed by atoms with E-state index in [9.17, 15) is 0 Å². The van der Waals surface area contributed by atoms with Crippen LogP contribution in [-0.2, 0) is 4.74 Å². The van der Waals surface area contributed by atoms with Gasteiger partial charge in [-0.05, 0) is 32.0 Å². The minimum atomic E-state index is 0.174. The average molecular weight is 398 g/mol. The number of morpholine rings is 1. The van der Waals surface area contributed by atoms with Crippen LogP contribution in [0, 0.1) is 0 Å². The van der Waals surface area contributed by atoms with Gasteiger partial charge in [0.05, 0.1) is 23.4 Å². The largest absolute Gasteiger partial charge is 0.372 e. The fourth-order valence-electron chi connectivity index (χ4n) is 3.39. The molecule has 2 atom stereocenters. The fraction of sp³-hybridized carbons (Fsp3) is 0.300. The first-order valence-corrected chi connectivity index (χ1v) is 9.32. The van der Waals surface area contributed by atoms with Gasteiger partial charge in [-0.2, -0.15) is 0 Å². The van der Waals surface area contributed by atoms with Crippen molar-refractivity contribution in [3.8, 4) is 11.3 Å². The van der Waals surface area contributed by atoms with Gasteiger partial charge >= 0.3 is 0 Å². The lowest BCUT2D eigenvalue weighted by Gasteiger charge is -2.35. The summed E-state index contributed by atoms with van der Waals surface area (Å²) in [6.45, 7) is 5.80. The normalized spacial score (nSPS) is 20.8. The lowest BCUT2D eigenvalue weighted by molar-refractivity contribution is -0.00569. The zero-order chi connectivity index (χ0) is 17.4. The summed E-state index contributed by atoms with van der Waals surface area (Å²) in [5.41, 5.74) is 3.02. The summed E-state index contributed by atoms with van der Waals surface area (Å²) in [7, 11) is 0. The molecule has 4 rings (SSSR count). The zero-order valence-electron chi connectivity index (χ0n) is 14.3. The molecule has 0 saturated carbocycles. The molecule has 25 heavy (non-hydrogen) atoms. The lowest BCUT2D eigenvalue weighted by atomic mass is 10.1. The van der Waals surface area contributed by atoms with E-state index in [1.54, 1.807) is 0 Å². The van der Waals surface area contributed by atoms with Gasteiger partial charge < -0.3 is 9.64 Å². The molecule has 0 bridgehead atoms. The molecule has 1 fully saturated rings. The van der Waals surface area contributed by atoms with Crippen LogP contribution in [0.3, 0.4) is 0 Å². The molecule has 0 N–H and O–H groups in total. The average Bonchev–Trinajstić information content (AvgIpc) is 2.61. The van der Waals surface area contributed by atoms with E-state index in [0.29, 0.717) is 0 Å². The van der Waals surface area contributed by atoms with E-state index in [4.69, 9.17) is 14.7 Å². The van der Waals surface area contributed by atoms with E-state index >= 15 is 0 Å². The molecular weight excluding hydrogens is 378 g/mol. The second-order valence-corrected chi connectivity index (χ2v) is 7.48. The fourth-order valence-corrected chi connectivity index (χ4v) is 3.75. The molecular formula is C20H20BrN3O. The van der Waals surface area contributed by atoms with E-state index in [2.05, 4.69) is 52.9 Å². The molecule has 128 valence electrons. The summed E-state index contributed by atoms with van der Waals surface area (Å²) in [6, 6.07) is 16.5. The Bertz CT molecular complexity index is 890. The number of aromatic nitrogens is 2. The molecule has 2 aromatic carbocycles. The Morgan fingerprint density at radius 2 is 1.72 bits per heavy atom. The van der Waals surface area contributed by atoms with Crippen molar-refractivity contribution < 1.29 is 4.74 Å². The molecule has 0 unspecified atom stereocenters. The van der Waals surface area contributed by atoms with Crippen molar-refractivity contribution in [2.24, 2.45) is 0 Å². The SMILES string of the molecule is C[C@@H]1CN(c2nc(-c3ccccc3)c3cc(Br)ccc3n2)C[C@@H](C)O1. The number of anilines is 1. The van der Waals surface area contributed by atoms with Gasteiger partial charge in [0.25, 0.3) is 0 Å². The highest BCUT2D eigenvalue weighted by atomic mass is 79.9. The third-order valence-electron chi connectivity index (χ3n) is 4.40. The van der Waals surface area contributed by atoms with E-state index in [-0.39, 0.29) is 12.2 Å². The van der Waals surface area contributed by atoms with Crippen molar-refractivity contribution in [3.05, 3.63) is 53.0 Å². The van der Waals surface area contributed by atoms with Gasteiger partial charge in [0.15, 0.2) is 0 Å². The van der Waals surface area contributed by atoms with Crippen LogP contribution in [0.2, 0.25) is 0 Å². The number of fused-ring (bicyclic) bond motifs is 1. The van der Waals surface area contributed by atoms with Gasteiger partial charge in [-0.1, -0.05) is 46.3 Å². The highest BCUT2D eigenvalue weighted by molar-refractivity contribution is 9.10. The molecule has 1 aromatic heterocycles. The van der Waals surface area contributed by atoms with E-state index < -0.39 is 0 Å². The summed E-state index contributed by atoms with van der Waals surface area (Å²) >= 11 is 3.57. The number of hydrogen-bond acceptors (Lipinski definition) is 4. The molecule has 0 aliphatic carbocycles. The number of benzene rings is 2. The van der Waals surface area contributed by atoms with E-state index in [1.165, 1.54) is 0 Å². The minimum absolute atomic E-state index is 0.174. The van der Waals surface area contributed by atoms with E-state index in [1.807, 2.05) is 30.3 Å². The van der Waals surface area contributed by atoms with Crippen molar-refractivity contribution in [1.82, 2.24) is 9.97 Å². The van der Waals surface area contributed by atoms with Crippen LogP contribution >= 0.6 is 15.9 Å². The number of ether oxygens (including phenoxy) is 1. The maximum absolute atomic E-state index is 5.85. The Kier molecular flexibility index (Phi) is 4.44. The monoisotopic (exact) mass is 397 g/mol. The third-order valence-corrected chi connectivity index (χ3v) is 4.89. The summed E-state index contributed by atoms with van der Waals surface area (Å²) in [5, 5.41) is 1.05. The first-order valence-electron chi connectivity index (χ1n) is 8.53. The van der Waals surface area contributed by atoms with Gasteiger partial charge in [0.2, 0.25) is 5.95 Å². The molecule has 0 radical (unpaired) electrons. The predicted octanol–water partition coefficient (Wildman–Crippen LogP) is 4.67. The molecule has 2 heterocycles. The van der Waals surface area contributed by atoms with Crippen LogP contribution in [0.25, 0.3) is 22.2 Å². The van der Waals surface area contributed by atoms with Crippen molar-refractivity contribution in [1.29, 1.82) is 0 Å². The van der Waals surface area contributed by atoms with Crippen LogP contribution in [0.15, 0.2) is 53.0 Å². The summed E-state index contributed by atoms with van der Waals surface area (Å²) in [6.07, 6.45) is 0.348. The number of nitrogens with zero attached hydrogens (tertiary/aromatic N) is 3. The minimum Gasteiger partial charge on any atom is -0.372 e. The second kappa shape index (κ2) is 6.73. The number of rotatable bonds is 2. The molecule has 1 aliphatic rings. The standard InChI is InChI=1S/C20H20BrN3O/c1-13-11-24(12-14(2)25-13)20-22-18-9-8-16(21)10-17(18)19(23-20)15-6-4-3-5-7-15/h3-10,13-14H,11-12H2,1-2H3/t13-,14-/m1/s1. The molecule has 1 saturated heterocycles. The topological polar surface area (TPSA) is 38.2 Å². The van der Waals surface area contributed by atoms with Gasteiger partial charge in [-0.15, -0.1) is 0 Å². The molecule has 0 spiro atoms. The van der Waals surface area contributed by atoms with Crippen LogP contribution in [-0.4, -0.2) is 35.3 Å². The first-order chi connectivity index (χ1) is 12.1. The molecule has 0 amide bonds. The van der Waals surface area contributed by atoms with Gasteiger partial charge in [0.1, 0.15) is 0 Å². The van der Waals surface area contributed by atoms with Gasteiger partial charge in [-0.3, -0.25) is 0 Å². The quantitative estimate of drug-likeness (QED) is 0.629. The van der Waals surface area contributed by atoms with Crippen LogP contribution < -0.4 is 4.90 Å². The van der Waals surface area contributed by atoms with E-state index in [0.717, 1.165) is 45.7 Å². The maximum Gasteiger partial charge on any atom is 0.226 e. The summed E-state index contributed by atoms with van der Waals surface area (Å²) in [4.78, 5) is 12.0. The number of hydrogen-bond donors (Lipinski definition) is 0. The smallest absolute Gasteiger partial charge is 0.226 e. The molecule has 1 aliphatic heterocycles. The van der Waals surface area contributed by atoms with Crippen molar-refractivity contribution in [2.75, 3.05) is 18.0 Å². The number of halogens is 1. The van der Waals surface area contributed by atoms with Crippen molar-refractivity contribution in [3.63, 3.8) is 0 Å². The third kappa shape index (κ3) is 3.39. The zero-order valence-corrected chi connectivity index (χ0v) is 15.9. The molecule has 4 nitrogen and oxygen atoms in total. The Morgan fingerprint density at radius 3 is 2.44 bits per heavy atom. The summed E-state index contributed by atoms with van der Waals surface area (Å²) < 4.78 is 6.88. The second-order valence-electron chi connectivity index (χ2n) is 6.56. The van der Waals surface area contributed by atoms with Crippen molar-refractivity contribution in [2.45, 2.75) is 26.1 Å². The Hall–Kier alpha value is -1.98. The highest BCUT2D eigenvalue weighted by Crippen LogP contribution is 2.31. The Morgan fingerprint density at radius 1 is 1.00 bits per heavy atom. The lowest BCUT2D eigenvalue weighted by Crippen LogP contribution is -2.46. The van der Waals surface area contributed by atoms with Gasteiger partial charge in [-0.25, -0.2) is 9.97 Å². The van der Waals surface area contributed by atoms with Crippen LogP contribution in [0.1, 0.15) is 13.8 Å². The Labute approximate surface area is 156 Å². The van der Waals surface area contributed by atoms with Crippen LogP contribution in [0.5, 0.6) is 0 Å². The predicted molar refractivity (Wildman–Crippen MR) is 105 cm³/mol. The highest BCUT2D eigenvalue weighted by Gasteiger charge is 2.25. The Balaban J connectivity index is 1.88. The maximum atomic E-state index is 5.85.